The molecule has 0 saturated carbocycles. The number of benzene rings is 1. The van der Waals surface area contributed by atoms with Gasteiger partial charge >= 0.3 is 0 Å². The fourth-order valence-electron chi connectivity index (χ4n) is 1.60. The minimum Gasteiger partial charge on any atom is -0.395 e. The van der Waals surface area contributed by atoms with Crippen molar-refractivity contribution in [1.29, 1.82) is 5.41 Å². The molecule has 0 aliphatic heterocycles. The van der Waals surface area contributed by atoms with Crippen LogP contribution in [0.3, 0.4) is 0 Å². The van der Waals surface area contributed by atoms with Crippen molar-refractivity contribution < 1.29 is 19.0 Å². The molecule has 7 heteroatoms. The van der Waals surface area contributed by atoms with Gasteiger partial charge in [0.2, 0.25) is 0 Å². The number of aliphatic hydroxyl groups excluding tert-OH is 2. The molecule has 1 rings (SSSR count). The number of nitrogens with one attached hydrogen (secondary N) is 1. The molecule has 1 aromatic rings. The number of halogens is 2. The summed E-state index contributed by atoms with van der Waals surface area (Å²) in [5, 5.41) is 24.8. The summed E-state index contributed by atoms with van der Waals surface area (Å²) in [5.41, 5.74) is 4.75. The van der Waals surface area contributed by atoms with Crippen LogP contribution in [0, 0.1) is 17.0 Å². The molecule has 5 N–H and O–H groups in total. The Hall–Kier alpha value is -1.73. The molecule has 0 radical (unpaired) electrons. The highest BCUT2D eigenvalue weighted by Gasteiger charge is 2.18. The van der Waals surface area contributed by atoms with Gasteiger partial charge in [-0.3, -0.25) is 5.41 Å². The van der Waals surface area contributed by atoms with Crippen LogP contribution in [0.1, 0.15) is 5.56 Å². The van der Waals surface area contributed by atoms with Crippen LogP contribution >= 0.6 is 0 Å². The molecule has 0 unspecified atom stereocenters. The van der Waals surface area contributed by atoms with Gasteiger partial charge in [-0.05, 0) is 12.1 Å². The molecule has 0 saturated heterocycles. The lowest BCUT2D eigenvalue weighted by Crippen LogP contribution is -2.31. The van der Waals surface area contributed by atoms with Crippen LogP contribution in [-0.2, 0) is 0 Å². The lowest BCUT2D eigenvalue weighted by molar-refractivity contribution is 0.280. The van der Waals surface area contributed by atoms with Crippen LogP contribution in [0.15, 0.2) is 12.1 Å². The van der Waals surface area contributed by atoms with Crippen LogP contribution in [0.4, 0.5) is 14.5 Å². The molecular formula is C11H15F2N3O2. The molecule has 0 atom stereocenters. The largest absolute Gasteiger partial charge is 0.395 e. The first-order valence-electron chi connectivity index (χ1n) is 5.31. The quantitative estimate of drug-likeness (QED) is 0.428. The summed E-state index contributed by atoms with van der Waals surface area (Å²) in [6, 6.07) is 1.89. The third-order valence-corrected chi connectivity index (χ3v) is 2.38. The van der Waals surface area contributed by atoms with E-state index in [1.54, 1.807) is 0 Å². The number of nitrogens with zero attached hydrogens (tertiary/aromatic N) is 1. The number of aliphatic hydroxyl groups is 2. The zero-order valence-electron chi connectivity index (χ0n) is 9.66. The van der Waals surface area contributed by atoms with Gasteiger partial charge in [-0.25, -0.2) is 8.78 Å². The first kappa shape index (κ1) is 14.3. The summed E-state index contributed by atoms with van der Waals surface area (Å²) in [4.78, 5) is 1.19. The van der Waals surface area contributed by atoms with E-state index in [2.05, 4.69) is 0 Å². The van der Waals surface area contributed by atoms with Crippen molar-refractivity contribution in [2.45, 2.75) is 0 Å². The van der Waals surface area contributed by atoms with Crippen molar-refractivity contribution in [3.05, 3.63) is 29.3 Å². The minimum absolute atomic E-state index is 0.00613. The van der Waals surface area contributed by atoms with Gasteiger partial charge in [-0.1, -0.05) is 0 Å². The molecule has 0 aromatic heterocycles. The van der Waals surface area contributed by atoms with Crippen LogP contribution in [0.5, 0.6) is 0 Å². The Morgan fingerprint density at radius 2 is 1.61 bits per heavy atom. The molecule has 18 heavy (non-hydrogen) atoms. The van der Waals surface area contributed by atoms with E-state index >= 15 is 0 Å². The Kier molecular flexibility index (Phi) is 4.99. The zero-order chi connectivity index (χ0) is 13.7. The van der Waals surface area contributed by atoms with Gasteiger partial charge in [-0.2, -0.15) is 0 Å². The molecule has 1 aromatic carbocycles. The Morgan fingerprint density at radius 3 is 1.94 bits per heavy atom. The molecule has 100 valence electrons. The number of hydrogen-bond donors (Lipinski definition) is 4. The lowest BCUT2D eigenvalue weighted by Gasteiger charge is -2.24. The van der Waals surface area contributed by atoms with Crippen LogP contribution in [-0.4, -0.2) is 42.4 Å². The molecule has 0 amide bonds. The number of rotatable bonds is 6. The van der Waals surface area contributed by atoms with Crippen LogP contribution in [0.25, 0.3) is 0 Å². The molecular weight excluding hydrogens is 244 g/mol. The Bertz CT molecular complexity index is 411. The van der Waals surface area contributed by atoms with Crippen molar-refractivity contribution in [1.82, 2.24) is 0 Å². The van der Waals surface area contributed by atoms with E-state index in [1.165, 1.54) is 4.90 Å². The highest BCUT2D eigenvalue weighted by Crippen LogP contribution is 2.24. The number of anilines is 1. The average Bonchev–Trinajstić information content (AvgIpc) is 2.28. The lowest BCUT2D eigenvalue weighted by atomic mass is 10.1. The SMILES string of the molecule is N=C(N)c1cc(F)c(N(CCO)CCO)c(F)c1. The first-order valence-corrected chi connectivity index (χ1v) is 5.31. The third kappa shape index (κ3) is 3.14. The van der Waals surface area contributed by atoms with Gasteiger partial charge in [-0.15, -0.1) is 0 Å². The summed E-state index contributed by atoms with van der Waals surface area (Å²) >= 11 is 0. The number of nitrogen functional groups attached to an aromatic ring is 1. The molecule has 0 aliphatic carbocycles. The maximum absolute atomic E-state index is 13.8. The Morgan fingerprint density at radius 1 is 1.17 bits per heavy atom. The van der Waals surface area contributed by atoms with Crippen molar-refractivity contribution in [3.8, 4) is 0 Å². The fourth-order valence-corrected chi connectivity index (χ4v) is 1.60. The normalized spacial score (nSPS) is 10.4. The molecule has 0 bridgehead atoms. The predicted octanol–water partition coefficient (Wildman–Crippen LogP) is 0.0399. The second kappa shape index (κ2) is 6.27. The third-order valence-electron chi connectivity index (χ3n) is 2.38. The highest BCUT2D eigenvalue weighted by molar-refractivity contribution is 5.95. The van der Waals surface area contributed by atoms with Gasteiger partial charge in [0.05, 0.1) is 13.2 Å². The van der Waals surface area contributed by atoms with Gasteiger partial charge in [0.15, 0.2) is 0 Å². The fraction of sp³-hybridized carbons (Fsp3) is 0.364. The second-order valence-corrected chi connectivity index (χ2v) is 3.64. The molecule has 0 aliphatic rings. The van der Waals surface area contributed by atoms with E-state index in [0.717, 1.165) is 12.1 Å². The summed E-state index contributed by atoms with van der Waals surface area (Å²) < 4.78 is 27.5. The van der Waals surface area contributed by atoms with Crippen LogP contribution < -0.4 is 10.6 Å². The Labute approximate surface area is 103 Å². The molecule has 0 fully saturated rings. The summed E-state index contributed by atoms with van der Waals surface area (Å²) in [6.45, 7) is -0.609. The molecule has 5 nitrogen and oxygen atoms in total. The van der Waals surface area contributed by atoms with Gasteiger partial charge in [0.25, 0.3) is 0 Å². The number of hydrogen-bond acceptors (Lipinski definition) is 4. The maximum atomic E-state index is 13.8. The Balaban J connectivity index is 3.18. The van der Waals surface area contributed by atoms with Crippen molar-refractivity contribution in [2.24, 2.45) is 5.73 Å². The van der Waals surface area contributed by atoms with E-state index in [0.29, 0.717) is 0 Å². The second-order valence-electron chi connectivity index (χ2n) is 3.64. The molecule has 0 heterocycles. The summed E-state index contributed by atoms with van der Waals surface area (Å²) in [6.07, 6.45) is 0. The topological polar surface area (TPSA) is 93.6 Å². The molecule has 0 spiro atoms. The van der Waals surface area contributed by atoms with E-state index in [4.69, 9.17) is 21.4 Å². The minimum atomic E-state index is -0.887. The smallest absolute Gasteiger partial charge is 0.150 e. The van der Waals surface area contributed by atoms with E-state index in [-0.39, 0.29) is 37.6 Å². The van der Waals surface area contributed by atoms with Crippen molar-refractivity contribution in [3.63, 3.8) is 0 Å². The predicted molar refractivity (Wildman–Crippen MR) is 63.8 cm³/mol. The first-order chi connectivity index (χ1) is 8.51. The number of nitrogens with two attached hydrogens (primary N) is 1. The van der Waals surface area contributed by atoms with Crippen molar-refractivity contribution in [2.75, 3.05) is 31.2 Å². The zero-order valence-corrected chi connectivity index (χ0v) is 9.66. The number of amidine groups is 1. The van der Waals surface area contributed by atoms with Crippen molar-refractivity contribution >= 4 is 11.5 Å². The van der Waals surface area contributed by atoms with E-state index < -0.39 is 17.5 Å². The van der Waals surface area contributed by atoms with E-state index in [1.807, 2.05) is 0 Å². The summed E-state index contributed by atoms with van der Waals surface area (Å²) in [7, 11) is 0. The summed E-state index contributed by atoms with van der Waals surface area (Å²) in [5.74, 6) is -2.21. The average molecular weight is 259 g/mol. The standard InChI is InChI=1S/C11H15F2N3O2/c12-8-5-7(11(14)15)6-9(13)10(8)16(1-3-17)2-4-18/h5-6,17-18H,1-4H2,(H3,14,15). The highest BCUT2D eigenvalue weighted by atomic mass is 19.1. The maximum Gasteiger partial charge on any atom is 0.150 e. The van der Waals surface area contributed by atoms with Gasteiger partial charge in [0, 0.05) is 18.7 Å². The van der Waals surface area contributed by atoms with Gasteiger partial charge < -0.3 is 20.8 Å². The van der Waals surface area contributed by atoms with Gasteiger partial charge in [0.1, 0.15) is 23.2 Å². The van der Waals surface area contributed by atoms with Crippen LogP contribution in [0.2, 0.25) is 0 Å². The van der Waals surface area contributed by atoms with E-state index in [9.17, 15) is 8.78 Å². The monoisotopic (exact) mass is 259 g/mol.